The van der Waals surface area contributed by atoms with Gasteiger partial charge in [-0.15, -0.1) is 0 Å². The number of nitrogens with zero attached hydrogens (tertiary/aromatic N) is 3. The normalized spacial score (nSPS) is 40.3. The first-order valence-electron chi connectivity index (χ1n) is 15.5. The minimum Gasteiger partial charge on any atom is -0.339 e. The Morgan fingerprint density at radius 2 is 1.73 bits per heavy atom. The molecule has 5 aliphatic rings. The molecule has 3 fully saturated rings. The number of carbonyl (C=O) groups excluding carboxylic acids is 2. The highest BCUT2D eigenvalue weighted by atomic mass is 32.1. The van der Waals surface area contributed by atoms with Gasteiger partial charge in [-0.25, -0.2) is 0 Å². The molecule has 0 aromatic carbocycles. The van der Waals surface area contributed by atoms with Crippen LogP contribution in [0.25, 0.3) is 0 Å². The average molecular weight is 578 g/mol. The standard InChI is InChI=1S/C33H43N3O3.CH4S/c1-8-25-35-28(36-39-25)33-12-9-20-26(21(33)17-29(2,3)13-14-33)22(37)15-24-31(20,6)11-10-23-30(4,5)27(38)19(18-34)16-32(23,24)7;1-2/h15-16,20-21,23,26H,8-14,17H2,1-7H3;2H,1H3. The molecule has 0 N–H and O–H groups in total. The van der Waals surface area contributed by atoms with Gasteiger partial charge in [-0.2, -0.15) is 22.9 Å². The lowest BCUT2D eigenvalue weighted by Crippen LogP contribution is -2.61. The fraction of sp³-hybridized carbons (Fsp3) is 0.735. The lowest BCUT2D eigenvalue weighted by atomic mass is 9.38. The van der Waals surface area contributed by atoms with Crippen LogP contribution in [0.1, 0.15) is 105 Å². The van der Waals surface area contributed by atoms with Crippen molar-refractivity contribution in [1.29, 1.82) is 5.26 Å². The highest BCUT2D eigenvalue weighted by molar-refractivity contribution is 7.79. The van der Waals surface area contributed by atoms with Crippen LogP contribution in [0, 0.1) is 56.7 Å². The summed E-state index contributed by atoms with van der Waals surface area (Å²) in [7, 11) is 0. The summed E-state index contributed by atoms with van der Waals surface area (Å²) < 4.78 is 5.63. The van der Waals surface area contributed by atoms with Crippen LogP contribution in [-0.2, 0) is 21.4 Å². The predicted octanol–water partition coefficient (Wildman–Crippen LogP) is 7.26. The van der Waals surface area contributed by atoms with Gasteiger partial charge >= 0.3 is 0 Å². The molecule has 0 radical (unpaired) electrons. The largest absolute Gasteiger partial charge is 0.339 e. The number of hydrogen-bond acceptors (Lipinski definition) is 7. The topological polar surface area (TPSA) is 96.8 Å². The third-order valence-electron chi connectivity index (χ3n) is 12.3. The van der Waals surface area contributed by atoms with Crippen LogP contribution >= 0.6 is 12.6 Å². The zero-order valence-electron chi connectivity index (χ0n) is 26.1. The van der Waals surface area contributed by atoms with E-state index >= 15 is 0 Å². The summed E-state index contributed by atoms with van der Waals surface area (Å²) in [6.07, 6.45) is 13.2. The van der Waals surface area contributed by atoms with Gasteiger partial charge in [0.2, 0.25) is 5.89 Å². The van der Waals surface area contributed by atoms with Gasteiger partial charge in [0.25, 0.3) is 0 Å². The maximum atomic E-state index is 14.4. The van der Waals surface area contributed by atoms with Crippen molar-refractivity contribution in [3.63, 3.8) is 0 Å². The van der Waals surface area contributed by atoms with Gasteiger partial charge in [0.05, 0.1) is 5.57 Å². The van der Waals surface area contributed by atoms with Crippen LogP contribution in [0.5, 0.6) is 0 Å². The Morgan fingerprint density at radius 3 is 2.37 bits per heavy atom. The van der Waals surface area contributed by atoms with Crippen molar-refractivity contribution in [2.75, 3.05) is 6.26 Å². The molecule has 1 aromatic rings. The number of Topliss-reactive ketones (excluding diaryl/α,β-unsaturated/α-hetero) is 1. The molecule has 7 unspecified atom stereocenters. The van der Waals surface area contributed by atoms with Crippen LogP contribution in [0.3, 0.4) is 0 Å². The van der Waals surface area contributed by atoms with Crippen molar-refractivity contribution in [2.24, 2.45) is 45.3 Å². The number of aryl methyl sites for hydroxylation is 1. The van der Waals surface area contributed by atoms with Crippen LogP contribution in [0.15, 0.2) is 27.8 Å². The number of rotatable bonds is 2. The van der Waals surface area contributed by atoms with Crippen molar-refractivity contribution < 1.29 is 14.1 Å². The van der Waals surface area contributed by atoms with Gasteiger partial charge in [0, 0.05) is 28.6 Å². The first kappa shape index (κ1) is 30.3. The summed E-state index contributed by atoms with van der Waals surface area (Å²) in [6.45, 7) is 15.3. The summed E-state index contributed by atoms with van der Waals surface area (Å²) in [5, 5.41) is 14.4. The number of fused-ring (bicyclic) bond motifs is 7. The first-order valence-corrected chi connectivity index (χ1v) is 16.3. The van der Waals surface area contributed by atoms with Gasteiger partial charge in [0.1, 0.15) is 6.07 Å². The molecule has 0 bridgehead atoms. The van der Waals surface area contributed by atoms with Gasteiger partial charge in [0.15, 0.2) is 17.4 Å². The third kappa shape index (κ3) is 4.17. The Kier molecular flexibility index (Phi) is 7.33. The second-order valence-corrected chi connectivity index (χ2v) is 15.1. The SMILES string of the molecule is CCc1nc(C23CCC4C(C(=O)C=C5C6(C)C=C(C#N)C(=O)C(C)(C)C6CCC54C)C2CC(C)(C)CC3)no1.CS. The Bertz CT molecular complexity index is 1370. The molecule has 222 valence electrons. The Balaban J connectivity index is 0.00000165. The van der Waals surface area contributed by atoms with Crippen LogP contribution < -0.4 is 0 Å². The van der Waals surface area contributed by atoms with E-state index in [1.807, 2.05) is 32.9 Å². The maximum absolute atomic E-state index is 14.4. The predicted molar refractivity (Wildman–Crippen MR) is 162 cm³/mol. The molecule has 6 rings (SSSR count). The smallest absolute Gasteiger partial charge is 0.226 e. The number of allylic oxidation sites excluding steroid dienone is 4. The van der Waals surface area contributed by atoms with Crippen LogP contribution in [0.2, 0.25) is 0 Å². The van der Waals surface area contributed by atoms with E-state index in [9.17, 15) is 14.9 Å². The molecule has 3 saturated carbocycles. The van der Waals surface area contributed by atoms with Gasteiger partial charge < -0.3 is 4.52 Å². The van der Waals surface area contributed by atoms with E-state index in [4.69, 9.17) is 9.51 Å². The minimum absolute atomic E-state index is 0.0601. The van der Waals surface area contributed by atoms with Crippen molar-refractivity contribution in [2.45, 2.75) is 105 Å². The molecular formula is C34H47N3O3S. The summed E-state index contributed by atoms with van der Waals surface area (Å²) in [5.41, 5.74) is 0.0538. The number of ketones is 2. The van der Waals surface area contributed by atoms with E-state index < -0.39 is 10.8 Å². The zero-order chi connectivity index (χ0) is 30.2. The molecule has 7 heteroatoms. The molecule has 1 heterocycles. The van der Waals surface area contributed by atoms with E-state index in [-0.39, 0.29) is 57.1 Å². The summed E-state index contributed by atoms with van der Waals surface area (Å²) in [6, 6.07) is 2.20. The van der Waals surface area contributed by atoms with E-state index in [1.165, 1.54) is 0 Å². The molecule has 6 nitrogen and oxygen atoms in total. The second-order valence-electron chi connectivity index (χ2n) is 15.1. The van der Waals surface area contributed by atoms with Crippen LogP contribution in [-0.4, -0.2) is 28.0 Å². The van der Waals surface area contributed by atoms with Gasteiger partial charge in [-0.1, -0.05) is 65.3 Å². The summed E-state index contributed by atoms with van der Waals surface area (Å²) >= 11 is 3.53. The van der Waals surface area contributed by atoms with Crippen molar-refractivity contribution in [3.05, 3.63) is 35.0 Å². The first-order chi connectivity index (χ1) is 19.2. The second kappa shape index (κ2) is 9.93. The Hall–Kier alpha value is -2.20. The molecule has 7 atom stereocenters. The molecule has 0 amide bonds. The van der Waals surface area contributed by atoms with Gasteiger partial charge in [-0.05, 0) is 85.9 Å². The third-order valence-corrected chi connectivity index (χ3v) is 12.3. The highest BCUT2D eigenvalue weighted by Crippen LogP contribution is 2.70. The number of carbonyl (C=O) groups is 2. The molecule has 0 saturated heterocycles. The van der Waals surface area contributed by atoms with Crippen molar-refractivity contribution >= 4 is 24.2 Å². The minimum atomic E-state index is -0.638. The summed E-state index contributed by atoms with van der Waals surface area (Å²) in [4.78, 5) is 32.5. The Labute approximate surface area is 251 Å². The zero-order valence-corrected chi connectivity index (χ0v) is 27.0. The number of thiol groups is 1. The molecular weight excluding hydrogens is 530 g/mol. The van der Waals surface area contributed by atoms with E-state index in [0.717, 1.165) is 56.3 Å². The van der Waals surface area contributed by atoms with Gasteiger partial charge in [-0.3, -0.25) is 9.59 Å². The van der Waals surface area contributed by atoms with E-state index in [2.05, 4.69) is 51.5 Å². The van der Waals surface area contributed by atoms with Crippen molar-refractivity contribution in [1.82, 2.24) is 10.1 Å². The van der Waals surface area contributed by atoms with E-state index in [1.54, 1.807) is 6.26 Å². The fourth-order valence-electron chi connectivity index (χ4n) is 10.3. The number of hydrogen-bond donors (Lipinski definition) is 1. The monoisotopic (exact) mass is 577 g/mol. The molecule has 1 aromatic heterocycles. The molecule has 0 spiro atoms. The summed E-state index contributed by atoms with van der Waals surface area (Å²) in [5.74, 6) is 2.05. The van der Waals surface area contributed by atoms with E-state index in [0.29, 0.717) is 12.3 Å². The quantitative estimate of drug-likeness (QED) is 0.372. The molecule has 0 aliphatic heterocycles. The number of aromatic nitrogens is 2. The molecule has 5 aliphatic carbocycles. The maximum Gasteiger partial charge on any atom is 0.226 e. The molecule has 41 heavy (non-hydrogen) atoms. The van der Waals surface area contributed by atoms with Crippen molar-refractivity contribution in [3.8, 4) is 6.07 Å². The number of nitriles is 1. The highest BCUT2D eigenvalue weighted by Gasteiger charge is 2.66. The lowest BCUT2D eigenvalue weighted by Gasteiger charge is -2.64. The average Bonchev–Trinajstić information content (AvgIpc) is 3.42. The Morgan fingerprint density at radius 1 is 1.02 bits per heavy atom. The van der Waals surface area contributed by atoms with Crippen LogP contribution in [0.4, 0.5) is 0 Å². The fourth-order valence-corrected chi connectivity index (χ4v) is 10.3. The lowest BCUT2D eigenvalue weighted by molar-refractivity contribution is -0.141.